The summed E-state index contributed by atoms with van der Waals surface area (Å²) in [5, 5.41) is 13.9. The highest BCUT2D eigenvalue weighted by molar-refractivity contribution is 8.00. The van der Waals surface area contributed by atoms with E-state index in [0.717, 1.165) is 33.8 Å². The molecule has 0 saturated carbocycles. The molecule has 1 aliphatic rings. The standard InChI is InChI=1S/C19H18N4OS3/c1-10-3-4-12-15(5-10)27-19-16(12)18(21-9-22-19)26-8-14(24)13(6-20)17-23-11(2)7-25-17/h7,9-10,13H,3-5,8H2,1-2H3/t10-,13+/m0/s1. The Kier molecular flexibility index (Phi) is 5.26. The largest absolute Gasteiger partial charge is 0.297 e. The maximum Gasteiger partial charge on any atom is 0.167 e. The number of hydrogen-bond donors (Lipinski definition) is 0. The summed E-state index contributed by atoms with van der Waals surface area (Å²) in [6.45, 7) is 4.15. The average molecular weight is 415 g/mol. The summed E-state index contributed by atoms with van der Waals surface area (Å²) in [7, 11) is 0. The predicted octanol–water partition coefficient (Wildman–Crippen LogP) is 4.55. The van der Waals surface area contributed by atoms with Crippen molar-refractivity contribution in [1.29, 1.82) is 5.26 Å². The fourth-order valence-corrected chi connectivity index (χ4v) is 6.56. The molecule has 0 unspecified atom stereocenters. The van der Waals surface area contributed by atoms with E-state index in [1.165, 1.54) is 40.0 Å². The van der Waals surface area contributed by atoms with Gasteiger partial charge in [0.2, 0.25) is 0 Å². The van der Waals surface area contributed by atoms with Crippen molar-refractivity contribution in [2.75, 3.05) is 5.75 Å². The number of nitriles is 1. The van der Waals surface area contributed by atoms with Crippen molar-refractivity contribution in [2.45, 2.75) is 44.1 Å². The number of Topliss-reactive ketones (excluding diaryl/α,β-unsaturated/α-hetero) is 1. The summed E-state index contributed by atoms with van der Waals surface area (Å²) < 4.78 is 0. The van der Waals surface area contributed by atoms with E-state index in [0.29, 0.717) is 10.9 Å². The molecular formula is C19H18N4OS3. The molecule has 0 aliphatic heterocycles. The van der Waals surface area contributed by atoms with Crippen LogP contribution in [-0.4, -0.2) is 26.5 Å². The predicted molar refractivity (Wildman–Crippen MR) is 110 cm³/mol. The first-order valence-electron chi connectivity index (χ1n) is 8.79. The van der Waals surface area contributed by atoms with E-state index < -0.39 is 5.92 Å². The third-order valence-electron chi connectivity index (χ3n) is 4.74. The fraction of sp³-hybridized carbons (Fsp3) is 0.421. The number of nitrogens with zero attached hydrogens (tertiary/aromatic N) is 4. The third-order valence-corrected chi connectivity index (χ3v) is 7.94. The van der Waals surface area contributed by atoms with Crippen LogP contribution in [-0.2, 0) is 17.6 Å². The third kappa shape index (κ3) is 3.64. The number of carbonyl (C=O) groups excluding carboxylic acids is 1. The van der Waals surface area contributed by atoms with Crippen molar-refractivity contribution in [3.8, 4) is 6.07 Å². The Hall–Kier alpha value is -1.82. The second kappa shape index (κ2) is 7.66. The van der Waals surface area contributed by atoms with E-state index in [1.54, 1.807) is 17.7 Å². The van der Waals surface area contributed by atoms with Crippen LogP contribution in [0.4, 0.5) is 0 Å². The maximum absolute atomic E-state index is 12.6. The summed E-state index contributed by atoms with van der Waals surface area (Å²) in [6.07, 6.45) is 4.90. The first kappa shape index (κ1) is 18.5. The summed E-state index contributed by atoms with van der Waals surface area (Å²) in [5.41, 5.74) is 2.20. The van der Waals surface area contributed by atoms with Crippen LogP contribution in [0.1, 0.15) is 40.4 Å². The SMILES string of the molecule is Cc1csc([C@H](C#N)C(=O)CSc2ncnc3sc4c(c23)CC[C@H](C)C4)n1. The summed E-state index contributed by atoms with van der Waals surface area (Å²) in [4.78, 5) is 28.3. The summed E-state index contributed by atoms with van der Waals surface area (Å²) >= 11 is 4.53. The first-order chi connectivity index (χ1) is 13.1. The van der Waals surface area contributed by atoms with Crippen LogP contribution in [0.3, 0.4) is 0 Å². The number of hydrogen-bond acceptors (Lipinski definition) is 8. The monoisotopic (exact) mass is 414 g/mol. The van der Waals surface area contributed by atoms with Crippen molar-refractivity contribution in [2.24, 2.45) is 5.92 Å². The normalized spacial score (nSPS) is 17.4. The number of rotatable bonds is 5. The van der Waals surface area contributed by atoms with Gasteiger partial charge in [-0.2, -0.15) is 5.26 Å². The molecule has 5 nitrogen and oxygen atoms in total. The van der Waals surface area contributed by atoms with E-state index in [1.807, 2.05) is 12.3 Å². The molecule has 0 radical (unpaired) electrons. The van der Waals surface area contributed by atoms with Crippen LogP contribution in [0, 0.1) is 24.2 Å². The van der Waals surface area contributed by atoms with E-state index in [2.05, 4.69) is 27.9 Å². The Morgan fingerprint density at radius 2 is 2.33 bits per heavy atom. The van der Waals surface area contributed by atoms with E-state index in [4.69, 9.17) is 0 Å². The van der Waals surface area contributed by atoms with Gasteiger partial charge in [0.05, 0.1) is 11.8 Å². The van der Waals surface area contributed by atoms with Gasteiger partial charge in [0.25, 0.3) is 0 Å². The Morgan fingerprint density at radius 3 is 3.07 bits per heavy atom. The highest BCUT2D eigenvalue weighted by Crippen LogP contribution is 2.40. The minimum Gasteiger partial charge on any atom is -0.297 e. The molecule has 0 fully saturated rings. The van der Waals surface area contributed by atoms with Crippen LogP contribution in [0.2, 0.25) is 0 Å². The Labute approximate surface area is 169 Å². The molecule has 8 heteroatoms. The molecule has 4 rings (SSSR count). The number of carbonyl (C=O) groups is 1. The smallest absolute Gasteiger partial charge is 0.167 e. The van der Waals surface area contributed by atoms with Crippen molar-refractivity contribution in [3.05, 3.63) is 32.8 Å². The van der Waals surface area contributed by atoms with Crippen molar-refractivity contribution in [1.82, 2.24) is 15.0 Å². The molecule has 0 bridgehead atoms. The van der Waals surface area contributed by atoms with Gasteiger partial charge < -0.3 is 0 Å². The Bertz CT molecular complexity index is 1050. The zero-order valence-corrected chi connectivity index (χ0v) is 17.5. The summed E-state index contributed by atoms with van der Waals surface area (Å²) in [6, 6.07) is 2.11. The van der Waals surface area contributed by atoms with Gasteiger partial charge in [-0.25, -0.2) is 15.0 Å². The molecule has 3 aromatic heterocycles. The number of aryl methyl sites for hydroxylation is 2. The van der Waals surface area contributed by atoms with Gasteiger partial charge in [-0.3, -0.25) is 4.79 Å². The number of ketones is 1. The van der Waals surface area contributed by atoms with Crippen LogP contribution in [0.15, 0.2) is 16.7 Å². The lowest BCUT2D eigenvalue weighted by atomic mass is 9.89. The van der Waals surface area contributed by atoms with Gasteiger partial charge >= 0.3 is 0 Å². The molecular weight excluding hydrogens is 396 g/mol. The second-order valence-electron chi connectivity index (χ2n) is 6.85. The molecule has 3 aromatic rings. The second-order valence-corrected chi connectivity index (χ2v) is 9.79. The van der Waals surface area contributed by atoms with Gasteiger partial charge in [0.1, 0.15) is 21.2 Å². The highest BCUT2D eigenvalue weighted by Gasteiger charge is 2.26. The topological polar surface area (TPSA) is 79.5 Å². The minimum absolute atomic E-state index is 0.124. The minimum atomic E-state index is -0.800. The van der Waals surface area contributed by atoms with Gasteiger partial charge in [-0.05, 0) is 37.7 Å². The van der Waals surface area contributed by atoms with E-state index >= 15 is 0 Å². The molecule has 0 N–H and O–H groups in total. The molecule has 1 aliphatic carbocycles. The van der Waals surface area contributed by atoms with Crippen LogP contribution in [0.5, 0.6) is 0 Å². The van der Waals surface area contributed by atoms with Crippen LogP contribution in [0.25, 0.3) is 10.2 Å². The number of thiazole rings is 1. The maximum atomic E-state index is 12.6. The Morgan fingerprint density at radius 1 is 1.48 bits per heavy atom. The molecule has 0 saturated heterocycles. The number of aromatic nitrogens is 3. The van der Waals surface area contributed by atoms with Crippen LogP contribution >= 0.6 is 34.4 Å². The first-order valence-corrected chi connectivity index (χ1v) is 11.5. The number of fused-ring (bicyclic) bond motifs is 3. The fourth-order valence-electron chi connectivity index (χ4n) is 3.35. The van der Waals surface area contributed by atoms with Crippen molar-refractivity contribution in [3.63, 3.8) is 0 Å². The molecule has 3 heterocycles. The van der Waals surface area contributed by atoms with Gasteiger partial charge in [-0.1, -0.05) is 18.7 Å². The highest BCUT2D eigenvalue weighted by atomic mass is 32.2. The molecule has 0 spiro atoms. The van der Waals surface area contributed by atoms with E-state index in [9.17, 15) is 10.1 Å². The van der Waals surface area contributed by atoms with Crippen LogP contribution < -0.4 is 0 Å². The average Bonchev–Trinajstić information content (AvgIpc) is 3.23. The zero-order chi connectivity index (χ0) is 19.0. The molecule has 138 valence electrons. The quantitative estimate of drug-likeness (QED) is 0.450. The summed E-state index contributed by atoms with van der Waals surface area (Å²) in [5.74, 6) is -0.00860. The van der Waals surface area contributed by atoms with Crippen molar-refractivity contribution < 1.29 is 4.79 Å². The Balaban J connectivity index is 1.57. The lowest BCUT2D eigenvalue weighted by Crippen LogP contribution is -2.13. The van der Waals surface area contributed by atoms with Crippen molar-refractivity contribution >= 4 is 50.4 Å². The van der Waals surface area contributed by atoms with E-state index in [-0.39, 0.29) is 11.5 Å². The number of thiophene rings is 1. The van der Waals surface area contributed by atoms with Gasteiger partial charge in [0.15, 0.2) is 11.7 Å². The molecule has 0 amide bonds. The number of thioether (sulfide) groups is 1. The lowest BCUT2D eigenvalue weighted by Gasteiger charge is -2.18. The van der Waals surface area contributed by atoms with Gasteiger partial charge in [-0.15, -0.1) is 22.7 Å². The molecule has 0 aromatic carbocycles. The lowest BCUT2D eigenvalue weighted by molar-refractivity contribution is -0.116. The van der Waals surface area contributed by atoms with Gasteiger partial charge in [0, 0.05) is 21.3 Å². The molecule has 2 atom stereocenters. The molecule has 27 heavy (non-hydrogen) atoms. The zero-order valence-electron chi connectivity index (χ0n) is 15.1.